The second-order valence-electron chi connectivity index (χ2n) is 6.36. The third-order valence-electron chi connectivity index (χ3n) is 4.52. The van der Waals surface area contributed by atoms with E-state index in [0.29, 0.717) is 6.54 Å². The normalized spacial score (nSPS) is 21.4. The van der Waals surface area contributed by atoms with Crippen molar-refractivity contribution in [2.75, 3.05) is 18.1 Å². The van der Waals surface area contributed by atoms with Crippen LogP contribution in [0.2, 0.25) is 0 Å². The summed E-state index contributed by atoms with van der Waals surface area (Å²) in [5, 5.41) is 24.2. The van der Waals surface area contributed by atoms with Crippen LogP contribution in [0.15, 0.2) is 23.1 Å². The van der Waals surface area contributed by atoms with E-state index in [9.17, 15) is 23.6 Å². The monoisotopic (exact) mass is 356 g/mol. The molecule has 2 rings (SSSR count). The van der Waals surface area contributed by atoms with Crippen molar-refractivity contribution >= 4 is 21.2 Å². The van der Waals surface area contributed by atoms with E-state index in [0.717, 1.165) is 44.8 Å². The third-order valence-corrected chi connectivity index (χ3v) is 5.65. The highest BCUT2D eigenvalue weighted by molar-refractivity contribution is 7.90. The molecule has 1 fully saturated rings. The highest BCUT2D eigenvalue weighted by Crippen LogP contribution is 2.32. The fraction of sp³-hybridized carbons (Fsp3) is 0.625. The van der Waals surface area contributed by atoms with Crippen molar-refractivity contribution in [3.05, 3.63) is 28.3 Å². The molecule has 1 aliphatic rings. The van der Waals surface area contributed by atoms with E-state index in [4.69, 9.17) is 0 Å². The third kappa shape index (κ3) is 4.67. The summed E-state index contributed by atoms with van der Waals surface area (Å²) in [6, 6.07) is 4.26. The minimum Gasteiger partial charge on any atom is -0.393 e. The number of para-hydroxylation sites is 1. The van der Waals surface area contributed by atoms with Crippen molar-refractivity contribution in [2.45, 2.75) is 49.5 Å². The highest BCUT2D eigenvalue weighted by Gasteiger charge is 2.26. The molecule has 0 saturated heterocycles. The van der Waals surface area contributed by atoms with Gasteiger partial charge < -0.3 is 10.4 Å². The van der Waals surface area contributed by atoms with Crippen molar-refractivity contribution < 1.29 is 18.4 Å². The van der Waals surface area contributed by atoms with Crippen LogP contribution < -0.4 is 5.32 Å². The Bertz CT molecular complexity index is 690. The van der Waals surface area contributed by atoms with Gasteiger partial charge in [0.1, 0.15) is 10.6 Å². The molecule has 0 aliphatic heterocycles. The second kappa shape index (κ2) is 7.94. The predicted molar refractivity (Wildman–Crippen MR) is 91.9 cm³/mol. The van der Waals surface area contributed by atoms with Gasteiger partial charge in [0.05, 0.1) is 11.0 Å². The van der Waals surface area contributed by atoms with Gasteiger partial charge in [-0.25, -0.2) is 8.42 Å². The Labute approximate surface area is 142 Å². The van der Waals surface area contributed by atoms with Gasteiger partial charge in [-0.2, -0.15) is 0 Å². The van der Waals surface area contributed by atoms with Gasteiger partial charge in [0.2, 0.25) is 0 Å². The Kier molecular flexibility index (Phi) is 6.17. The Morgan fingerprint density at radius 3 is 2.67 bits per heavy atom. The maximum Gasteiger partial charge on any atom is 0.310 e. The summed E-state index contributed by atoms with van der Waals surface area (Å²) in [7, 11) is -3.67. The molecule has 2 unspecified atom stereocenters. The van der Waals surface area contributed by atoms with Crippen LogP contribution in [0, 0.1) is 16.0 Å². The van der Waals surface area contributed by atoms with E-state index >= 15 is 0 Å². The van der Waals surface area contributed by atoms with Gasteiger partial charge >= 0.3 is 5.69 Å². The first-order chi connectivity index (χ1) is 11.3. The molecule has 0 heterocycles. The van der Waals surface area contributed by atoms with Gasteiger partial charge in [0, 0.05) is 12.8 Å². The number of nitro groups is 1. The molecule has 1 aromatic rings. The second-order valence-corrected chi connectivity index (χ2v) is 8.35. The molecule has 2 atom stereocenters. The van der Waals surface area contributed by atoms with Crippen LogP contribution in [0.25, 0.3) is 0 Å². The van der Waals surface area contributed by atoms with E-state index in [-0.39, 0.29) is 22.6 Å². The van der Waals surface area contributed by atoms with Crippen LogP contribution in [-0.2, 0) is 9.84 Å². The Balaban J connectivity index is 2.01. The Morgan fingerprint density at radius 1 is 1.33 bits per heavy atom. The molecule has 0 radical (unpaired) electrons. The van der Waals surface area contributed by atoms with Crippen LogP contribution in [0.5, 0.6) is 0 Å². The minimum atomic E-state index is -3.67. The van der Waals surface area contributed by atoms with E-state index in [2.05, 4.69) is 5.32 Å². The van der Waals surface area contributed by atoms with E-state index in [1.165, 1.54) is 18.2 Å². The first kappa shape index (κ1) is 18.7. The lowest BCUT2D eigenvalue weighted by Crippen LogP contribution is -2.24. The first-order valence-corrected chi connectivity index (χ1v) is 10.1. The lowest BCUT2D eigenvalue weighted by atomic mass is 9.83. The topological polar surface area (TPSA) is 110 Å². The molecule has 7 nitrogen and oxygen atoms in total. The fourth-order valence-electron chi connectivity index (χ4n) is 3.26. The summed E-state index contributed by atoms with van der Waals surface area (Å²) in [5.41, 5.74) is -0.190. The smallest absolute Gasteiger partial charge is 0.310 e. The molecule has 1 aliphatic carbocycles. The molecule has 0 spiro atoms. The van der Waals surface area contributed by atoms with Gasteiger partial charge in [-0.15, -0.1) is 0 Å². The Hall–Kier alpha value is -1.67. The minimum absolute atomic E-state index is 0.215. The number of hydrogen-bond donors (Lipinski definition) is 2. The summed E-state index contributed by atoms with van der Waals surface area (Å²) < 4.78 is 23.4. The zero-order chi connectivity index (χ0) is 17.7. The quantitative estimate of drug-likeness (QED) is 0.442. The number of aliphatic hydroxyl groups excluding tert-OH is 1. The number of sulfone groups is 1. The summed E-state index contributed by atoms with van der Waals surface area (Å²) in [6.45, 7) is 0.497. The summed E-state index contributed by atoms with van der Waals surface area (Å²) in [5.74, 6) is 0.290. The lowest BCUT2D eigenvalue weighted by Gasteiger charge is -2.27. The molecule has 1 saturated carbocycles. The van der Waals surface area contributed by atoms with Crippen LogP contribution >= 0.6 is 0 Å². The summed E-state index contributed by atoms with van der Waals surface area (Å²) >= 11 is 0. The van der Waals surface area contributed by atoms with Crippen molar-refractivity contribution in [3.63, 3.8) is 0 Å². The van der Waals surface area contributed by atoms with Crippen molar-refractivity contribution in [1.29, 1.82) is 0 Å². The van der Waals surface area contributed by atoms with Gasteiger partial charge in [-0.1, -0.05) is 18.9 Å². The Morgan fingerprint density at radius 2 is 2.04 bits per heavy atom. The molecular weight excluding hydrogens is 332 g/mol. The first-order valence-electron chi connectivity index (χ1n) is 8.20. The number of benzene rings is 1. The molecule has 0 bridgehead atoms. The largest absolute Gasteiger partial charge is 0.393 e. The van der Waals surface area contributed by atoms with Gasteiger partial charge in [-0.05, 0) is 43.7 Å². The maximum absolute atomic E-state index is 11.7. The number of nitro benzene ring substituents is 1. The van der Waals surface area contributed by atoms with Gasteiger partial charge in [0.15, 0.2) is 9.84 Å². The molecular formula is C16H24N2O5S. The molecule has 24 heavy (non-hydrogen) atoms. The number of nitrogens with zero attached hydrogens (tertiary/aromatic N) is 1. The molecule has 8 heteroatoms. The molecule has 0 aromatic heterocycles. The maximum atomic E-state index is 11.7. The zero-order valence-corrected chi connectivity index (χ0v) is 14.6. The summed E-state index contributed by atoms with van der Waals surface area (Å²) in [6.07, 6.45) is 6.41. The average molecular weight is 356 g/mol. The standard InChI is InChI=1S/C16H24N2O5S/c1-24(22,23)15-10-4-8-13(16(15)18(20)21)17-11-5-7-12-6-2-3-9-14(12)19/h4,8,10,12,14,17,19H,2-3,5-7,9,11H2,1H3. The fourth-order valence-corrected chi connectivity index (χ4v) is 4.13. The number of nitrogens with one attached hydrogen (secondary N) is 1. The van der Waals surface area contributed by atoms with E-state index in [1.54, 1.807) is 0 Å². The van der Waals surface area contributed by atoms with Gasteiger partial charge in [0.25, 0.3) is 0 Å². The summed E-state index contributed by atoms with van der Waals surface area (Å²) in [4.78, 5) is 10.3. The predicted octanol–water partition coefficient (Wildman–Crippen LogP) is 2.74. The molecule has 2 N–H and O–H groups in total. The van der Waals surface area contributed by atoms with E-state index < -0.39 is 20.4 Å². The van der Waals surface area contributed by atoms with Gasteiger partial charge in [-0.3, -0.25) is 10.1 Å². The lowest BCUT2D eigenvalue weighted by molar-refractivity contribution is -0.386. The molecule has 1 aromatic carbocycles. The van der Waals surface area contributed by atoms with Crippen molar-refractivity contribution in [3.8, 4) is 0 Å². The van der Waals surface area contributed by atoms with Crippen LogP contribution in [0.4, 0.5) is 11.4 Å². The number of anilines is 1. The number of rotatable bonds is 7. The van der Waals surface area contributed by atoms with Crippen molar-refractivity contribution in [1.82, 2.24) is 0 Å². The average Bonchev–Trinajstić information content (AvgIpc) is 2.51. The number of aliphatic hydroxyl groups is 1. The zero-order valence-electron chi connectivity index (χ0n) is 13.8. The van der Waals surface area contributed by atoms with Crippen LogP contribution in [0.1, 0.15) is 38.5 Å². The van der Waals surface area contributed by atoms with Crippen LogP contribution in [0.3, 0.4) is 0 Å². The van der Waals surface area contributed by atoms with Crippen molar-refractivity contribution in [2.24, 2.45) is 5.92 Å². The number of hydrogen-bond acceptors (Lipinski definition) is 6. The van der Waals surface area contributed by atoms with Crippen LogP contribution in [-0.4, -0.2) is 37.4 Å². The SMILES string of the molecule is CS(=O)(=O)c1cccc(NCCCC2CCCCC2O)c1[N+](=O)[O-]. The van der Waals surface area contributed by atoms with E-state index in [1.807, 2.05) is 0 Å². The molecule has 0 amide bonds. The molecule has 134 valence electrons. The highest BCUT2D eigenvalue weighted by atomic mass is 32.2.